The van der Waals surface area contributed by atoms with Gasteiger partial charge in [0.1, 0.15) is 0 Å². The number of guanidine groups is 1. The van der Waals surface area contributed by atoms with Crippen LogP contribution in [0.25, 0.3) is 0 Å². The Morgan fingerprint density at radius 2 is 2.13 bits per heavy atom. The van der Waals surface area contributed by atoms with Crippen LogP contribution in [0, 0.1) is 0 Å². The Morgan fingerprint density at radius 1 is 1.39 bits per heavy atom. The summed E-state index contributed by atoms with van der Waals surface area (Å²) in [5, 5.41) is 11.0. The zero-order valence-electron chi connectivity index (χ0n) is 14.8. The first kappa shape index (κ1) is 17.7. The molecular weight excluding hydrogens is 292 g/mol. The quantitative estimate of drug-likeness (QED) is 0.593. The molecule has 130 valence electrons. The van der Waals surface area contributed by atoms with E-state index in [0.29, 0.717) is 6.54 Å². The van der Waals surface area contributed by atoms with Crippen LogP contribution in [0.1, 0.15) is 25.5 Å². The summed E-state index contributed by atoms with van der Waals surface area (Å²) in [6.07, 6.45) is 3.87. The smallest absolute Gasteiger partial charge is 0.191 e. The molecule has 0 aromatic carbocycles. The third-order valence-electron chi connectivity index (χ3n) is 4.62. The van der Waals surface area contributed by atoms with Gasteiger partial charge in [0.15, 0.2) is 5.96 Å². The first-order chi connectivity index (χ1) is 11.1. The lowest BCUT2D eigenvalue weighted by molar-refractivity contribution is -0.00501. The summed E-state index contributed by atoms with van der Waals surface area (Å²) < 4.78 is 7.38. The van der Waals surface area contributed by atoms with Crippen molar-refractivity contribution in [1.82, 2.24) is 25.3 Å². The molecule has 0 radical (unpaired) electrons. The molecule has 0 atom stereocenters. The predicted molar refractivity (Wildman–Crippen MR) is 92.5 cm³/mol. The Balaban J connectivity index is 1.99. The maximum Gasteiger partial charge on any atom is 0.191 e. The number of rotatable bonds is 6. The SMILES string of the molecule is CCNC(=NCc1ccnn1C)NCC1(N(C)C)CCOCC1. The fourth-order valence-corrected chi connectivity index (χ4v) is 2.84. The summed E-state index contributed by atoms with van der Waals surface area (Å²) in [6.45, 7) is 6.04. The van der Waals surface area contributed by atoms with Crippen LogP contribution in [0.3, 0.4) is 0 Å². The van der Waals surface area contributed by atoms with Gasteiger partial charge in [-0.1, -0.05) is 0 Å². The average molecular weight is 322 g/mol. The molecule has 7 nitrogen and oxygen atoms in total. The van der Waals surface area contributed by atoms with E-state index in [2.05, 4.69) is 46.6 Å². The van der Waals surface area contributed by atoms with Crippen molar-refractivity contribution in [3.63, 3.8) is 0 Å². The van der Waals surface area contributed by atoms with Gasteiger partial charge in [-0.15, -0.1) is 0 Å². The number of aromatic nitrogens is 2. The molecule has 1 aliphatic heterocycles. The van der Waals surface area contributed by atoms with E-state index in [-0.39, 0.29) is 5.54 Å². The topological polar surface area (TPSA) is 66.7 Å². The molecule has 1 aromatic rings. The van der Waals surface area contributed by atoms with Crippen molar-refractivity contribution in [3.8, 4) is 0 Å². The molecule has 7 heteroatoms. The molecule has 2 heterocycles. The number of likely N-dealkylation sites (N-methyl/N-ethyl adjacent to an activating group) is 1. The number of hydrogen-bond acceptors (Lipinski definition) is 4. The van der Waals surface area contributed by atoms with E-state index in [4.69, 9.17) is 4.74 Å². The molecule has 0 aliphatic carbocycles. The number of hydrogen-bond donors (Lipinski definition) is 2. The van der Waals surface area contributed by atoms with Crippen LogP contribution in [-0.4, -0.2) is 66.6 Å². The maximum absolute atomic E-state index is 5.53. The second kappa shape index (κ2) is 8.31. The summed E-state index contributed by atoms with van der Waals surface area (Å²) in [7, 11) is 6.23. The number of aryl methyl sites for hydroxylation is 1. The van der Waals surface area contributed by atoms with Gasteiger partial charge in [0.05, 0.1) is 12.2 Å². The van der Waals surface area contributed by atoms with Gasteiger partial charge in [-0.2, -0.15) is 5.10 Å². The van der Waals surface area contributed by atoms with Crippen LogP contribution in [0.5, 0.6) is 0 Å². The van der Waals surface area contributed by atoms with Crippen LogP contribution >= 0.6 is 0 Å². The van der Waals surface area contributed by atoms with E-state index in [1.807, 2.05) is 17.8 Å². The molecule has 0 amide bonds. The molecular formula is C16H30N6O. The normalized spacial score (nSPS) is 18.2. The fraction of sp³-hybridized carbons (Fsp3) is 0.750. The van der Waals surface area contributed by atoms with Crippen molar-refractivity contribution in [2.75, 3.05) is 40.4 Å². The van der Waals surface area contributed by atoms with Gasteiger partial charge in [0.2, 0.25) is 0 Å². The second-order valence-corrected chi connectivity index (χ2v) is 6.23. The molecule has 0 bridgehead atoms. The highest BCUT2D eigenvalue weighted by molar-refractivity contribution is 5.79. The maximum atomic E-state index is 5.53. The molecule has 1 saturated heterocycles. The Labute approximate surface area is 139 Å². The van der Waals surface area contributed by atoms with Crippen molar-refractivity contribution >= 4 is 5.96 Å². The van der Waals surface area contributed by atoms with Crippen LogP contribution < -0.4 is 10.6 Å². The molecule has 0 spiro atoms. The average Bonchev–Trinajstić information content (AvgIpc) is 2.96. The van der Waals surface area contributed by atoms with Crippen LogP contribution in [-0.2, 0) is 18.3 Å². The highest BCUT2D eigenvalue weighted by atomic mass is 16.5. The van der Waals surface area contributed by atoms with Gasteiger partial charge in [0, 0.05) is 45.1 Å². The van der Waals surface area contributed by atoms with Crippen molar-refractivity contribution in [1.29, 1.82) is 0 Å². The number of ether oxygens (including phenoxy) is 1. The monoisotopic (exact) mass is 322 g/mol. The van der Waals surface area contributed by atoms with Crippen LogP contribution in [0.15, 0.2) is 17.3 Å². The van der Waals surface area contributed by atoms with E-state index in [1.54, 1.807) is 6.20 Å². The Bertz CT molecular complexity index is 504. The van der Waals surface area contributed by atoms with E-state index in [0.717, 1.165) is 50.8 Å². The van der Waals surface area contributed by atoms with E-state index < -0.39 is 0 Å². The van der Waals surface area contributed by atoms with Gasteiger partial charge in [-0.25, -0.2) is 4.99 Å². The number of aliphatic imine (C=N–C) groups is 1. The Kier molecular flexibility index (Phi) is 6.41. The van der Waals surface area contributed by atoms with Gasteiger partial charge in [0.25, 0.3) is 0 Å². The summed E-state index contributed by atoms with van der Waals surface area (Å²) >= 11 is 0. The molecule has 1 aliphatic rings. The summed E-state index contributed by atoms with van der Waals surface area (Å²) in [5.41, 5.74) is 1.22. The lowest BCUT2D eigenvalue weighted by Gasteiger charge is -2.43. The van der Waals surface area contributed by atoms with Crippen molar-refractivity contribution < 1.29 is 4.74 Å². The van der Waals surface area contributed by atoms with Gasteiger partial charge < -0.3 is 20.3 Å². The molecule has 1 fully saturated rings. The number of nitrogens with one attached hydrogen (secondary N) is 2. The minimum Gasteiger partial charge on any atom is -0.381 e. The van der Waals surface area contributed by atoms with E-state index >= 15 is 0 Å². The highest BCUT2D eigenvalue weighted by Gasteiger charge is 2.34. The van der Waals surface area contributed by atoms with Crippen LogP contribution in [0.4, 0.5) is 0 Å². The molecule has 0 saturated carbocycles. The third-order valence-corrected chi connectivity index (χ3v) is 4.62. The zero-order chi connectivity index (χ0) is 16.7. The molecule has 0 unspecified atom stereocenters. The Hall–Kier alpha value is -1.60. The number of nitrogens with zero attached hydrogens (tertiary/aromatic N) is 4. The standard InChI is InChI=1S/C16H30N6O/c1-5-17-15(18-12-14-6-9-20-22(14)4)19-13-16(21(2)3)7-10-23-11-8-16/h6,9H,5,7-8,10-13H2,1-4H3,(H2,17,18,19). The first-order valence-electron chi connectivity index (χ1n) is 8.31. The van der Waals surface area contributed by atoms with Crippen molar-refractivity contribution in [2.45, 2.75) is 31.8 Å². The first-order valence-corrected chi connectivity index (χ1v) is 8.31. The molecule has 2 N–H and O–H groups in total. The Morgan fingerprint density at radius 3 is 2.70 bits per heavy atom. The van der Waals surface area contributed by atoms with Gasteiger partial charge in [-0.05, 0) is 39.9 Å². The zero-order valence-corrected chi connectivity index (χ0v) is 14.8. The summed E-state index contributed by atoms with van der Waals surface area (Å²) in [4.78, 5) is 6.99. The highest BCUT2D eigenvalue weighted by Crippen LogP contribution is 2.24. The summed E-state index contributed by atoms with van der Waals surface area (Å²) in [5.74, 6) is 0.849. The lowest BCUT2D eigenvalue weighted by Crippen LogP contribution is -2.57. The van der Waals surface area contributed by atoms with Crippen LogP contribution in [0.2, 0.25) is 0 Å². The molecule has 1 aromatic heterocycles. The largest absolute Gasteiger partial charge is 0.381 e. The second-order valence-electron chi connectivity index (χ2n) is 6.23. The van der Waals surface area contributed by atoms with E-state index in [1.165, 1.54) is 0 Å². The molecule has 23 heavy (non-hydrogen) atoms. The minimum atomic E-state index is 0.126. The minimum absolute atomic E-state index is 0.126. The third kappa shape index (κ3) is 4.68. The van der Waals surface area contributed by atoms with Crippen molar-refractivity contribution in [2.24, 2.45) is 12.0 Å². The fourth-order valence-electron chi connectivity index (χ4n) is 2.84. The van der Waals surface area contributed by atoms with Crippen molar-refractivity contribution in [3.05, 3.63) is 18.0 Å². The predicted octanol–water partition coefficient (Wildman–Crippen LogP) is 0.586. The summed E-state index contributed by atoms with van der Waals surface area (Å²) in [6, 6.07) is 1.99. The molecule has 2 rings (SSSR count). The van der Waals surface area contributed by atoms with E-state index in [9.17, 15) is 0 Å². The van der Waals surface area contributed by atoms with Gasteiger partial charge >= 0.3 is 0 Å². The van der Waals surface area contributed by atoms with Gasteiger partial charge in [-0.3, -0.25) is 4.68 Å². The lowest BCUT2D eigenvalue weighted by atomic mass is 9.88.